The average molecular weight is 294 g/mol. The molecule has 2 rings (SSSR count). The number of nitrogens with zero attached hydrogens (tertiary/aromatic N) is 1. The number of hydrogen-bond acceptors (Lipinski definition) is 4. The van der Waals surface area contributed by atoms with Gasteiger partial charge in [-0.15, -0.1) is 12.4 Å². The van der Waals surface area contributed by atoms with Crippen molar-refractivity contribution in [2.45, 2.75) is 0 Å². The third-order valence-electron chi connectivity index (χ3n) is 2.43. The van der Waals surface area contributed by atoms with Gasteiger partial charge in [-0.1, -0.05) is 6.07 Å². The van der Waals surface area contributed by atoms with E-state index in [-0.39, 0.29) is 23.9 Å². The quantitative estimate of drug-likeness (QED) is 0.391. The van der Waals surface area contributed by atoms with Gasteiger partial charge >= 0.3 is 0 Å². The van der Waals surface area contributed by atoms with Gasteiger partial charge in [0, 0.05) is 11.6 Å². The smallest absolute Gasteiger partial charge is 0.273 e. The summed E-state index contributed by atoms with van der Waals surface area (Å²) in [5, 5.41) is 17.9. The lowest BCUT2D eigenvalue weighted by Crippen LogP contribution is -2.10. The molecule has 6 nitrogen and oxygen atoms in total. The highest BCUT2D eigenvalue weighted by molar-refractivity contribution is 5.94. The van der Waals surface area contributed by atoms with E-state index in [1.165, 1.54) is 12.1 Å². The maximum absolute atomic E-state index is 10.6. The first-order chi connectivity index (χ1) is 9.06. The van der Waals surface area contributed by atoms with Crippen LogP contribution >= 0.6 is 12.4 Å². The van der Waals surface area contributed by atoms with E-state index in [0.717, 1.165) is 0 Å². The van der Waals surface area contributed by atoms with Crippen LogP contribution in [0.2, 0.25) is 0 Å². The number of rotatable bonds is 4. The van der Waals surface area contributed by atoms with Crippen molar-refractivity contribution < 1.29 is 9.66 Å². The predicted molar refractivity (Wildman–Crippen MR) is 77.9 cm³/mol. The second-order valence-corrected chi connectivity index (χ2v) is 3.79. The minimum absolute atomic E-state index is 0. The van der Waals surface area contributed by atoms with Crippen LogP contribution in [0.4, 0.5) is 5.69 Å². The number of nitrogen functional groups attached to an aromatic ring is 1. The molecular formula is C13H12ClN3O3. The van der Waals surface area contributed by atoms with Crippen LogP contribution < -0.4 is 10.5 Å². The summed E-state index contributed by atoms with van der Waals surface area (Å²) >= 11 is 0. The van der Waals surface area contributed by atoms with Crippen molar-refractivity contribution in [1.82, 2.24) is 0 Å². The van der Waals surface area contributed by atoms with Crippen LogP contribution in [0.5, 0.6) is 11.5 Å². The van der Waals surface area contributed by atoms with Crippen molar-refractivity contribution in [3.05, 3.63) is 64.2 Å². The number of ether oxygens (including phenoxy) is 1. The average Bonchev–Trinajstić information content (AvgIpc) is 2.39. The lowest BCUT2D eigenvalue weighted by atomic mass is 10.2. The first kappa shape index (κ1) is 15.5. The van der Waals surface area contributed by atoms with Crippen LogP contribution in [0.25, 0.3) is 0 Å². The number of halogens is 1. The monoisotopic (exact) mass is 293 g/mol. The summed E-state index contributed by atoms with van der Waals surface area (Å²) in [6, 6.07) is 12.5. The molecule has 0 aliphatic rings. The van der Waals surface area contributed by atoms with E-state index in [2.05, 4.69) is 0 Å². The highest BCUT2D eigenvalue weighted by Crippen LogP contribution is 2.25. The molecule has 0 saturated carbocycles. The molecule has 20 heavy (non-hydrogen) atoms. The number of amidine groups is 1. The predicted octanol–water partition coefficient (Wildman–Crippen LogP) is 3.09. The Kier molecular flexibility index (Phi) is 5.05. The molecule has 3 N–H and O–H groups in total. The molecular weight excluding hydrogens is 282 g/mol. The van der Waals surface area contributed by atoms with E-state index in [1.54, 1.807) is 36.4 Å². The molecule has 0 aromatic heterocycles. The molecule has 0 fully saturated rings. The molecule has 0 radical (unpaired) electrons. The Morgan fingerprint density at radius 1 is 1.15 bits per heavy atom. The first-order valence-electron chi connectivity index (χ1n) is 5.43. The summed E-state index contributed by atoms with van der Waals surface area (Å²) in [6.07, 6.45) is 0. The fourth-order valence-electron chi connectivity index (χ4n) is 1.50. The molecule has 104 valence electrons. The number of benzene rings is 2. The minimum Gasteiger partial charge on any atom is -0.457 e. The number of nitro groups is 1. The van der Waals surface area contributed by atoms with Gasteiger partial charge in [0.15, 0.2) is 0 Å². The van der Waals surface area contributed by atoms with E-state index < -0.39 is 4.92 Å². The molecule has 0 atom stereocenters. The zero-order valence-corrected chi connectivity index (χ0v) is 11.1. The normalized spacial score (nSPS) is 9.40. The summed E-state index contributed by atoms with van der Waals surface area (Å²) in [7, 11) is 0. The van der Waals surface area contributed by atoms with Gasteiger partial charge in [0.2, 0.25) is 0 Å². The summed E-state index contributed by atoms with van der Waals surface area (Å²) in [5.41, 5.74) is 5.90. The Bertz CT molecular complexity index is 629. The molecule has 0 aliphatic heterocycles. The van der Waals surface area contributed by atoms with Gasteiger partial charge in [0.25, 0.3) is 5.69 Å². The molecule has 2 aromatic rings. The van der Waals surface area contributed by atoms with Crippen LogP contribution in [0.3, 0.4) is 0 Å². The Hall–Kier alpha value is -2.60. The summed E-state index contributed by atoms with van der Waals surface area (Å²) < 4.78 is 5.49. The Morgan fingerprint density at radius 2 is 1.80 bits per heavy atom. The van der Waals surface area contributed by atoms with E-state index in [0.29, 0.717) is 17.1 Å². The number of nitrogens with one attached hydrogen (secondary N) is 1. The number of nitrogens with two attached hydrogens (primary N) is 1. The molecule has 0 bridgehead atoms. The van der Waals surface area contributed by atoms with E-state index >= 15 is 0 Å². The van der Waals surface area contributed by atoms with Crippen molar-refractivity contribution in [1.29, 1.82) is 5.41 Å². The molecule has 0 spiro atoms. The topological polar surface area (TPSA) is 102 Å². The van der Waals surface area contributed by atoms with Crippen LogP contribution in [0.1, 0.15) is 5.56 Å². The van der Waals surface area contributed by atoms with E-state index in [9.17, 15) is 10.1 Å². The van der Waals surface area contributed by atoms with Crippen LogP contribution in [0, 0.1) is 15.5 Å². The standard InChI is InChI=1S/C13H11N3O3.ClH/c14-13(15)9-4-6-11(7-5-9)19-12-3-1-2-10(8-12)16(17)18;/h1-8H,(H3,14,15);1H. The third kappa shape index (κ3) is 3.69. The maximum atomic E-state index is 10.6. The Morgan fingerprint density at radius 3 is 2.35 bits per heavy atom. The highest BCUT2D eigenvalue weighted by atomic mass is 35.5. The van der Waals surface area contributed by atoms with Crippen molar-refractivity contribution >= 4 is 23.9 Å². The highest BCUT2D eigenvalue weighted by Gasteiger charge is 2.07. The van der Waals surface area contributed by atoms with Gasteiger partial charge in [0.1, 0.15) is 17.3 Å². The van der Waals surface area contributed by atoms with Gasteiger partial charge in [0.05, 0.1) is 11.0 Å². The molecule has 0 aliphatic carbocycles. The molecule has 0 amide bonds. The van der Waals surface area contributed by atoms with Crippen LogP contribution in [-0.2, 0) is 0 Å². The van der Waals surface area contributed by atoms with E-state index in [1.807, 2.05) is 0 Å². The molecule has 2 aromatic carbocycles. The second-order valence-electron chi connectivity index (χ2n) is 3.79. The number of hydrogen-bond donors (Lipinski definition) is 2. The second kappa shape index (κ2) is 6.53. The van der Waals surface area contributed by atoms with Gasteiger partial charge in [-0.3, -0.25) is 15.5 Å². The fourth-order valence-corrected chi connectivity index (χ4v) is 1.50. The molecule has 0 saturated heterocycles. The van der Waals surface area contributed by atoms with Gasteiger partial charge in [-0.25, -0.2) is 0 Å². The SMILES string of the molecule is Cl.N=C(N)c1ccc(Oc2cccc([N+](=O)[O-])c2)cc1. The zero-order chi connectivity index (χ0) is 13.8. The Balaban J connectivity index is 0.00000200. The van der Waals surface area contributed by atoms with Crippen molar-refractivity contribution in [3.8, 4) is 11.5 Å². The number of nitro benzene ring substituents is 1. The third-order valence-corrected chi connectivity index (χ3v) is 2.43. The summed E-state index contributed by atoms with van der Waals surface area (Å²) in [4.78, 5) is 10.2. The first-order valence-corrected chi connectivity index (χ1v) is 5.43. The lowest BCUT2D eigenvalue weighted by molar-refractivity contribution is -0.384. The van der Waals surface area contributed by atoms with Crippen molar-refractivity contribution in [2.24, 2.45) is 5.73 Å². The number of non-ortho nitro benzene ring substituents is 1. The molecule has 0 heterocycles. The molecule has 7 heteroatoms. The van der Waals surface area contributed by atoms with Gasteiger partial charge < -0.3 is 10.5 Å². The van der Waals surface area contributed by atoms with Gasteiger partial charge in [-0.2, -0.15) is 0 Å². The van der Waals surface area contributed by atoms with E-state index in [4.69, 9.17) is 15.9 Å². The van der Waals surface area contributed by atoms with Crippen molar-refractivity contribution in [3.63, 3.8) is 0 Å². The summed E-state index contributed by atoms with van der Waals surface area (Å²) in [5.74, 6) is 0.872. The van der Waals surface area contributed by atoms with Crippen LogP contribution in [0.15, 0.2) is 48.5 Å². The lowest BCUT2D eigenvalue weighted by Gasteiger charge is -2.06. The fraction of sp³-hybridized carbons (Fsp3) is 0. The van der Waals surface area contributed by atoms with Crippen molar-refractivity contribution in [2.75, 3.05) is 0 Å². The Labute approximate surface area is 121 Å². The largest absolute Gasteiger partial charge is 0.457 e. The van der Waals surface area contributed by atoms with Crippen LogP contribution in [-0.4, -0.2) is 10.8 Å². The maximum Gasteiger partial charge on any atom is 0.273 e. The summed E-state index contributed by atoms with van der Waals surface area (Å²) in [6.45, 7) is 0. The van der Waals surface area contributed by atoms with Gasteiger partial charge in [-0.05, 0) is 30.3 Å². The zero-order valence-electron chi connectivity index (χ0n) is 10.3. The minimum atomic E-state index is -0.480. The molecule has 0 unspecified atom stereocenters.